The first-order chi connectivity index (χ1) is 12.9. The van der Waals surface area contributed by atoms with Crippen LogP contribution in [0.3, 0.4) is 0 Å². The van der Waals surface area contributed by atoms with Gasteiger partial charge in [-0.1, -0.05) is 23.7 Å². The van der Waals surface area contributed by atoms with Crippen LogP contribution >= 0.6 is 11.6 Å². The second kappa shape index (κ2) is 7.96. The Balaban J connectivity index is 1.63. The molecule has 0 saturated heterocycles. The molecule has 0 aliphatic rings. The maximum absolute atomic E-state index is 12.1. The maximum atomic E-state index is 12.1. The van der Waals surface area contributed by atoms with E-state index < -0.39 is 17.0 Å². The number of benzene rings is 2. The normalized spacial score (nSPS) is 11.8. The average Bonchev–Trinajstić information content (AvgIpc) is 3.14. The van der Waals surface area contributed by atoms with Gasteiger partial charge >= 0.3 is 5.97 Å². The van der Waals surface area contributed by atoms with E-state index in [9.17, 15) is 14.9 Å². The van der Waals surface area contributed by atoms with Gasteiger partial charge < -0.3 is 9.15 Å². The number of halogens is 1. The minimum absolute atomic E-state index is 0.0389. The third-order valence-corrected chi connectivity index (χ3v) is 3.94. The van der Waals surface area contributed by atoms with Gasteiger partial charge in [0.1, 0.15) is 0 Å². The van der Waals surface area contributed by atoms with E-state index in [-0.39, 0.29) is 23.9 Å². The second-order valence-corrected chi connectivity index (χ2v) is 6.12. The summed E-state index contributed by atoms with van der Waals surface area (Å²) in [5.41, 5.74) is 1.26. The van der Waals surface area contributed by atoms with Crippen LogP contribution in [-0.2, 0) is 16.0 Å². The molecule has 0 aliphatic carbocycles. The summed E-state index contributed by atoms with van der Waals surface area (Å²) in [5.74, 6) is -0.131. The third-order valence-electron chi connectivity index (χ3n) is 3.68. The summed E-state index contributed by atoms with van der Waals surface area (Å²) >= 11 is 5.81. The Kier molecular flexibility index (Phi) is 5.46. The predicted molar refractivity (Wildman–Crippen MR) is 96.1 cm³/mol. The molecule has 8 nitrogen and oxygen atoms in total. The molecule has 1 heterocycles. The van der Waals surface area contributed by atoms with E-state index in [1.807, 2.05) is 0 Å². The summed E-state index contributed by atoms with van der Waals surface area (Å²) in [6.45, 7) is 1.62. The molecule has 0 spiro atoms. The minimum atomic E-state index is -0.732. The van der Waals surface area contributed by atoms with E-state index in [1.54, 1.807) is 31.2 Å². The molecule has 0 aliphatic heterocycles. The van der Waals surface area contributed by atoms with E-state index in [0.29, 0.717) is 10.6 Å². The number of non-ortho nitro benzene ring substituents is 1. The van der Waals surface area contributed by atoms with Crippen molar-refractivity contribution >= 4 is 23.3 Å². The third kappa shape index (κ3) is 4.68. The number of carbonyl (C=O) groups excluding carboxylic acids is 1. The van der Waals surface area contributed by atoms with Crippen LogP contribution in [0.5, 0.6) is 0 Å². The lowest BCUT2D eigenvalue weighted by Gasteiger charge is -2.09. The van der Waals surface area contributed by atoms with Crippen LogP contribution < -0.4 is 0 Å². The van der Waals surface area contributed by atoms with Gasteiger partial charge in [-0.3, -0.25) is 14.9 Å². The van der Waals surface area contributed by atoms with Gasteiger partial charge in [0.25, 0.3) is 11.6 Å². The van der Waals surface area contributed by atoms with Crippen LogP contribution in [0.2, 0.25) is 5.02 Å². The molecule has 0 fully saturated rings. The van der Waals surface area contributed by atoms with E-state index in [1.165, 1.54) is 24.3 Å². The van der Waals surface area contributed by atoms with Gasteiger partial charge in [-0.15, -0.1) is 10.2 Å². The number of aromatic nitrogens is 2. The van der Waals surface area contributed by atoms with E-state index in [4.69, 9.17) is 20.8 Å². The number of nitro groups is 1. The van der Waals surface area contributed by atoms with Crippen LogP contribution in [0.4, 0.5) is 5.69 Å². The van der Waals surface area contributed by atoms with Gasteiger partial charge in [0.05, 0.1) is 11.3 Å². The Morgan fingerprint density at radius 3 is 2.48 bits per heavy atom. The van der Waals surface area contributed by atoms with E-state index in [0.717, 1.165) is 5.56 Å². The largest absolute Gasteiger partial charge is 0.452 e. The summed E-state index contributed by atoms with van der Waals surface area (Å²) in [4.78, 5) is 22.2. The van der Waals surface area contributed by atoms with Crippen molar-refractivity contribution in [1.29, 1.82) is 0 Å². The summed E-state index contributed by atoms with van der Waals surface area (Å²) < 4.78 is 10.8. The summed E-state index contributed by atoms with van der Waals surface area (Å²) in [5, 5.41) is 19.0. The molecule has 0 amide bonds. The van der Waals surface area contributed by atoms with Crippen LogP contribution in [0.1, 0.15) is 24.5 Å². The molecule has 9 heteroatoms. The van der Waals surface area contributed by atoms with Crippen molar-refractivity contribution in [2.24, 2.45) is 0 Å². The minimum Gasteiger partial charge on any atom is -0.452 e. The van der Waals surface area contributed by atoms with Crippen molar-refractivity contribution in [1.82, 2.24) is 10.2 Å². The van der Waals surface area contributed by atoms with Crippen LogP contribution in [0.25, 0.3) is 11.5 Å². The highest BCUT2D eigenvalue weighted by Crippen LogP contribution is 2.24. The molecular weight excluding hydrogens is 374 g/mol. The molecule has 0 N–H and O–H groups in total. The van der Waals surface area contributed by atoms with Gasteiger partial charge in [0.2, 0.25) is 5.89 Å². The quantitative estimate of drug-likeness (QED) is 0.355. The zero-order valence-electron chi connectivity index (χ0n) is 14.2. The van der Waals surface area contributed by atoms with Crippen molar-refractivity contribution in [3.05, 3.63) is 75.1 Å². The van der Waals surface area contributed by atoms with Gasteiger partial charge in [-0.25, -0.2) is 0 Å². The Hall–Kier alpha value is -3.26. The van der Waals surface area contributed by atoms with Crippen molar-refractivity contribution in [3.8, 4) is 11.5 Å². The molecule has 3 aromatic rings. The Labute approximate surface area is 158 Å². The zero-order valence-corrected chi connectivity index (χ0v) is 14.9. The lowest BCUT2D eigenvalue weighted by Crippen LogP contribution is -2.11. The van der Waals surface area contributed by atoms with Gasteiger partial charge in [-0.2, -0.15) is 0 Å². The lowest BCUT2D eigenvalue weighted by molar-refractivity contribution is -0.384. The fraction of sp³-hybridized carbons (Fsp3) is 0.167. The Morgan fingerprint density at radius 1 is 1.19 bits per heavy atom. The highest BCUT2D eigenvalue weighted by Gasteiger charge is 2.19. The standard InChI is InChI=1S/C18H14ClN3O5/c1-11(26-16(23)10-12-2-6-14(19)7-3-12)17-20-21-18(27-17)13-4-8-15(9-5-13)22(24)25/h2-9,11H,10H2,1H3/t11-/m0/s1. The topological polar surface area (TPSA) is 108 Å². The highest BCUT2D eigenvalue weighted by atomic mass is 35.5. The zero-order chi connectivity index (χ0) is 19.4. The smallest absolute Gasteiger partial charge is 0.311 e. The van der Waals surface area contributed by atoms with Crippen molar-refractivity contribution in [2.45, 2.75) is 19.4 Å². The number of hydrogen-bond donors (Lipinski definition) is 0. The Bertz CT molecular complexity index is 954. The fourth-order valence-corrected chi connectivity index (χ4v) is 2.43. The molecule has 3 rings (SSSR count). The monoisotopic (exact) mass is 387 g/mol. The van der Waals surface area contributed by atoms with Gasteiger partial charge in [-0.05, 0) is 36.8 Å². The van der Waals surface area contributed by atoms with E-state index >= 15 is 0 Å². The second-order valence-electron chi connectivity index (χ2n) is 5.68. The predicted octanol–water partition coefficient (Wildman–Crippen LogP) is 4.15. The SMILES string of the molecule is C[C@H](OC(=O)Cc1ccc(Cl)cc1)c1nnc(-c2ccc([N+](=O)[O-])cc2)o1. The molecule has 27 heavy (non-hydrogen) atoms. The Morgan fingerprint density at radius 2 is 1.85 bits per heavy atom. The number of carbonyl (C=O) groups is 1. The molecular formula is C18H14ClN3O5. The first kappa shape index (κ1) is 18.5. The van der Waals surface area contributed by atoms with Crippen LogP contribution in [0, 0.1) is 10.1 Å². The molecule has 0 unspecified atom stereocenters. The van der Waals surface area contributed by atoms with Gasteiger partial charge in [0, 0.05) is 22.7 Å². The molecule has 1 atom stereocenters. The summed E-state index contributed by atoms with van der Waals surface area (Å²) in [7, 11) is 0. The summed E-state index contributed by atoms with van der Waals surface area (Å²) in [6, 6.07) is 12.6. The van der Waals surface area contributed by atoms with Crippen molar-refractivity contribution in [2.75, 3.05) is 0 Å². The summed E-state index contributed by atoms with van der Waals surface area (Å²) in [6.07, 6.45) is -0.644. The number of nitrogens with zero attached hydrogens (tertiary/aromatic N) is 3. The molecule has 1 aromatic heterocycles. The molecule has 138 valence electrons. The van der Waals surface area contributed by atoms with Gasteiger partial charge in [0.15, 0.2) is 6.10 Å². The average molecular weight is 388 g/mol. The molecule has 0 saturated carbocycles. The molecule has 2 aromatic carbocycles. The molecule has 0 radical (unpaired) electrons. The first-order valence-corrected chi connectivity index (χ1v) is 8.32. The number of hydrogen-bond acceptors (Lipinski definition) is 7. The first-order valence-electron chi connectivity index (χ1n) is 7.94. The van der Waals surface area contributed by atoms with Crippen molar-refractivity contribution < 1.29 is 18.9 Å². The molecule has 0 bridgehead atoms. The lowest BCUT2D eigenvalue weighted by atomic mass is 10.1. The van der Waals surface area contributed by atoms with E-state index in [2.05, 4.69) is 10.2 Å². The highest BCUT2D eigenvalue weighted by molar-refractivity contribution is 6.30. The number of esters is 1. The van der Waals surface area contributed by atoms with Crippen molar-refractivity contribution in [3.63, 3.8) is 0 Å². The number of ether oxygens (including phenoxy) is 1. The van der Waals surface area contributed by atoms with Crippen LogP contribution in [-0.4, -0.2) is 21.1 Å². The van der Waals surface area contributed by atoms with Crippen LogP contribution in [0.15, 0.2) is 52.9 Å². The fourth-order valence-electron chi connectivity index (χ4n) is 2.30. The number of nitro benzene ring substituents is 1. The maximum Gasteiger partial charge on any atom is 0.311 e. The number of rotatable bonds is 6.